The highest BCUT2D eigenvalue weighted by molar-refractivity contribution is 5.87. The van der Waals surface area contributed by atoms with E-state index in [4.69, 9.17) is 20.9 Å². The Hall–Kier alpha value is -3.27. The number of guanidine groups is 1. The number of nitrogens with zero attached hydrogens (tertiary/aromatic N) is 4. The lowest BCUT2D eigenvalue weighted by atomic mass is 10.1. The molecule has 1 aromatic heterocycles. The molecule has 1 aliphatic rings. The van der Waals surface area contributed by atoms with Gasteiger partial charge in [-0.25, -0.2) is 19.2 Å². The maximum absolute atomic E-state index is 14.2. The van der Waals surface area contributed by atoms with E-state index in [1.165, 1.54) is 12.1 Å². The van der Waals surface area contributed by atoms with Crippen LogP contribution in [-0.4, -0.2) is 48.3 Å². The summed E-state index contributed by atoms with van der Waals surface area (Å²) in [5.41, 5.74) is 11.6. The van der Waals surface area contributed by atoms with Crippen LogP contribution in [0.25, 0.3) is 11.1 Å². The highest BCUT2D eigenvalue weighted by Gasteiger charge is 2.15. The first-order valence-electron chi connectivity index (χ1n) is 8.23. The van der Waals surface area contributed by atoms with Crippen molar-refractivity contribution in [1.29, 1.82) is 0 Å². The molecular weight excluding hydrogens is 355 g/mol. The van der Waals surface area contributed by atoms with E-state index in [-0.39, 0.29) is 6.61 Å². The number of morpholine rings is 1. The molecule has 0 saturated carbocycles. The first-order valence-corrected chi connectivity index (χ1v) is 8.23. The predicted octanol–water partition coefficient (Wildman–Crippen LogP) is 1.03. The van der Waals surface area contributed by atoms with E-state index in [1.807, 2.05) is 4.90 Å². The molecule has 0 bridgehead atoms. The van der Waals surface area contributed by atoms with Crippen molar-refractivity contribution in [2.45, 2.75) is 6.61 Å². The molecular formula is C17H19FN6O3. The summed E-state index contributed by atoms with van der Waals surface area (Å²) in [6, 6.07) is 4.35. The molecule has 0 radical (unpaired) electrons. The molecule has 10 heteroatoms. The minimum atomic E-state index is -0.918. The van der Waals surface area contributed by atoms with Crippen molar-refractivity contribution in [1.82, 2.24) is 9.97 Å². The van der Waals surface area contributed by atoms with Gasteiger partial charge in [0.15, 0.2) is 5.96 Å². The van der Waals surface area contributed by atoms with Crippen LogP contribution in [0, 0.1) is 5.82 Å². The van der Waals surface area contributed by atoms with Gasteiger partial charge < -0.3 is 25.8 Å². The van der Waals surface area contributed by atoms with Crippen molar-refractivity contribution in [2.75, 3.05) is 31.2 Å². The summed E-state index contributed by atoms with van der Waals surface area (Å²) in [7, 11) is 0. The summed E-state index contributed by atoms with van der Waals surface area (Å²) in [5.74, 6) is -0.251. The Morgan fingerprint density at radius 2 is 1.96 bits per heavy atom. The van der Waals surface area contributed by atoms with Crippen LogP contribution in [0.5, 0.6) is 0 Å². The molecule has 0 unspecified atom stereocenters. The average Bonchev–Trinajstić information content (AvgIpc) is 2.68. The van der Waals surface area contributed by atoms with Crippen molar-refractivity contribution in [3.05, 3.63) is 42.0 Å². The smallest absolute Gasteiger partial charge is 0.437 e. The van der Waals surface area contributed by atoms with E-state index >= 15 is 0 Å². The quantitative estimate of drug-likeness (QED) is 0.600. The second kappa shape index (κ2) is 8.41. The van der Waals surface area contributed by atoms with Gasteiger partial charge in [-0.05, 0) is 17.7 Å². The van der Waals surface area contributed by atoms with Gasteiger partial charge in [-0.15, -0.1) is 4.99 Å². The molecule has 4 N–H and O–H groups in total. The van der Waals surface area contributed by atoms with E-state index < -0.39 is 17.9 Å². The third kappa shape index (κ3) is 4.88. The average molecular weight is 374 g/mol. The fourth-order valence-electron chi connectivity index (χ4n) is 2.55. The van der Waals surface area contributed by atoms with Crippen LogP contribution in [0.15, 0.2) is 35.6 Å². The summed E-state index contributed by atoms with van der Waals surface area (Å²) < 4.78 is 24.4. The summed E-state index contributed by atoms with van der Waals surface area (Å²) >= 11 is 0. The number of nitrogens with two attached hydrogens (primary N) is 2. The number of amides is 1. The van der Waals surface area contributed by atoms with Crippen molar-refractivity contribution < 1.29 is 18.7 Å². The molecule has 0 aliphatic carbocycles. The number of rotatable bonds is 4. The zero-order valence-electron chi connectivity index (χ0n) is 14.5. The Morgan fingerprint density at radius 1 is 1.26 bits per heavy atom. The van der Waals surface area contributed by atoms with Gasteiger partial charge in [0.2, 0.25) is 5.95 Å². The minimum Gasteiger partial charge on any atom is -0.443 e. The molecule has 142 valence electrons. The largest absolute Gasteiger partial charge is 0.443 e. The lowest BCUT2D eigenvalue weighted by Crippen LogP contribution is -2.37. The Morgan fingerprint density at radius 3 is 2.63 bits per heavy atom. The summed E-state index contributed by atoms with van der Waals surface area (Å²) in [5, 5.41) is 0. The lowest BCUT2D eigenvalue weighted by Gasteiger charge is -2.26. The number of carbonyl (C=O) groups excluding carboxylic acids is 1. The number of carbonyl (C=O) groups is 1. The highest BCUT2D eigenvalue weighted by atomic mass is 19.1. The maximum Gasteiger partial charge on any atom is 0.437 e. The van der Waals surface area contributed by atoms with Gasteiger partial charge in [0.1, 0.15) is 12.4 Å². The molecule has 0 spiro atoms. The van der Waals surface area contributed by atoms with Crippen molar-refractivity contribution in [3.8, 4) is 11.1 Å². The second-order valence-corrected chi connectivity index (χ2v) is 5.78. The summed E-state index contributed by atoms with van der Waals surface area (Å²) in [6.07, 6.45) is 2.20. The normalized spacial score (nSPS) is 13.9. The minimum absolute atomic E-state index is 0.102. The SMILES string of the molecule is NC(N)=NC(=O)OCc1ccc(F)c(-c2cnc(N3CCOCC3)nc2)c1. The molecule has 2 heterocycles. The van der Waals surface area contributed by atoms with Crippen molar-refractivity contribution in [3.63, 3.8) is 0 Å². The third-order valence-corrected chi connectivity index (χ3v) is 3.86. The fourth-order valence-corrected chi connectivity index (χ4v) is 2.55. The number of halogens is 1. The number of hydrogen-bond acceptors (Lipinski definition) is 6. The maximum atomic E-state index is 14.2. The predicted molar refractivity (Wildman–Crippen MR) is 96.5 cm³/mol. The first-order chi connectivity index (χ1) is 13.0. The molecule has 1 fully saturated rings. The number of benzene rings is 1. The Bertz CT molecular complexity index is 833. The second-order valence-electron chi connectivity index (χ2n) is 5.78. The van der Waals surface area contributed by atoms with Crippen molar-refractivity contribution >= 4 is 18.0 Å². The zero-order chi connectivity index (χ0) is 19.2. The van der Waals surface area contributed by atoms with Crippen LogP contribution in [0.3, 0.4) is 0 Å². The number of anilines is 1. The molecule has 3 rings (SSSR count). The van der Waals surface area contributed by atoms with E-state index in [9.17, 15) is 9.18 Å². The molecule has 1 amide bonds. The summed E-state index contributed by atoms with van der Waals surface area (Å²) in [6.45, 7) is 2.57. The van der Waals surface area contributed by atoms with Crippen molar-refractivity contribution in [2.24, 2.45) is 16.5 Å². The number of aliphatic imine (C=N–C) groups is 1. The Labute approximate surface area is 154 Å². The van der Waals surface area contributed by atoms with Gasteiger partial charge >= 0.3 is 6.09 Å². The topological polar surface area (TPSA) is 129 Å². The van der Waals surface area contributed by atoms with Crippen LogP contribution >= 0.6 is 0 Å². The van der Waals surface area contributed by atoms with Crippen LogP contribution in [-0.2, 0) is 16.1 Å². The number of ether oxygens (including phenoxy) is 2. The van der Waals surface area contributed by atoms with E-state index in [0.717, 1.165) is 0 Å². The van der Waals surface area contributed by atoms with E-state index in [0.29, 0.717) is 48.9 Å². The zero-order valence-corrected chi connectivity index (χ0v) is 14.5. The third-order valence-electron chi connectivity index (χ3n) is 3.86. The number of aromatic nitrogens is 2. The fraction of sp³-hybridized carbons (Fsp3) is 0.294. The van der Waals surface area contributed by atoms with Crippen LogP contribution < -0.4 is 16.4 Å². The van der Waals surface area contributed by atoms with Gasteiger partial charge in [-0.2, -0.15) is 0 Å². The van der Waals surface area contributed by atoms with E-state index in [1.54, 1.807) is 18.5 Å². The molecule has 0 atom stereocenters. The van der Waals surface area contributed by atoms with Crippen LogP contribution in [0.1, 0.15) is 5.56 Å². The first kappa shape index (κ1) is 18.5. The molecule has 1 aliphatic heterocycles. The Balaban J connectivity index is 1.73. The van der Waals surface area contributed by atoms with Gasteiger partial charge in [0, 0.05) is 36.6 Å². The monoisotopic (exact) mass is 374 g/mol. The van der Waals surface area contributed by atoms with Gasteiger partial charge in [-0.1, -0.05) is 6.07 Å². The molecule has 9 nitrogen and oxygen atoms in total. The van der Waals surface area contributed by atoms with Gasteiger partial charge in [-0.3, -0.25) is 0 Å². The van der Waals surface area contributed by atoms with Crippen LogP contribution in [0.4, 0.5) is 15.1 Å². The highest BCUT2D eigenvalue weighted by Crippen LogP contribution is 2.24. The molecule has 1 saturated heterocycles. The molecule has 1 aromatic carbocycles. The molecule has 2 aromatic rings. The van der Waals surface area contributed by atoms with Crippen LogP contribution in [0.2, 0.25) is 0 Å². The van der Waals surface area contributed by atoms with E-state index in [2.05, 4.69) is 15.0 Å². The Kier molecular flexibility index (Phi) is 5.77. The van der Waals surface area contributed by atoms with Gasteiger partial charge in [0.25, 0.3) is 0 Å². The summed E-state index contributed by atoms with van der Waals surface area (Å²) in [4.78, 5) is 25.2. The van der Waals surface area contributed by atoms with Gasteiger partial charge in [0.05, 0.1) is 13.2 Å². The number of hydrogen-bond donors (Lipinski definition) is 2. The molecule has 27 heavy (non-hydrogen) atoms. The lowest BCUT2D eigenvalue weighted by molar-refractivity contribution is 0.122. The standard InChI is InChI=1S/C17H19FN6O3/c18-14-2-1-11(10-27-17(25)23-15(19)20)7-13(14)12-8-21-16(22-9-12)24-3-5-26-6-4-24/h1-2,7-9H,3-6,10H2,(H4,19,20,23,25).